The molecule has 2 aliphatic heterocycles. The minimum absolute atomic E-state index is 0.0493. The van der Waals surface area contributed by atoms with Gasteiger partial charge in [0.25, 0.3) is 11.8 Å². The van der Waals surface area contributed by atoms with Crippen LogP contribution in [-0.2, 0) is 9.59 Å². The predicted molar refractivity (Wildman–Crippen MR) is 140 cm³/mol. The second-order valence-electron chi connectivity index (χ2n) is 8.84. The number of esters is 1. The summed E-state index contributed by atoms with van der Waals surface area (Å²) in [6, 6.07) is 16.8. The van der Waals surface area contributed by atoms with E-state index in [1.165, 1.54) is 0 Å². The Morgan fingerprint density at radius 2 is 1.65 bits per heavy atom. The highest BCUT2D eigenvalue weighted by Gasteiger charge is 2.38. The van der Waals surface area contributed by atoms with E-state index >= 15 is 0 Å². The first kappa shape index (κ1) is 24.7. The number of imide groups is 1. The first-order valence-corrected chi connectivity index (χ1v) is 12.6. The molecule has 0 aromatic heterocycles. The number of carbonyl (C=O) groups is 4. The molecule has 3 aromatic rings. The Kier molecular flexibility index (Phi) is 6.55. The third-order valence-corrected chi connectivity index (χ3v) is 6.89. The number of hydrogen-bond donors (Lipinski definition) is 0. The Balaban J connectivity index is 1.27. The van der Waals surface area contributed by atoms with E-state index in [1.54, 1.807) is 72.5 Å². The molecule has 0 unspecified atom stereocenters. The maximum absolute atomic E-state index is 12.9. The van der Waals surface area contributed by atoms with Crippen molar-refractivity contribution in [3.63, 3.8) is 0 Å². The molecule has 1 saturated heterocycles. The highest BCUT2D eigenvalue weighted by molar-refractivity contribution is 9.10. The highest BCUT2D eigenvalue weighted by Crippen LogP contribution is 2.34. The second-order valence-corrected chi connectivity index (χ2v) is 9.75. The number of carbonyl (C=O) groups excluding carboxylic acids is 4. The average molecular weight is 563 g/mol. The molecule has 0 aliphatic carbocycles. The number of hydrogen-bond acceptors (Lipinski definition) is 6. The first-order chi connectivity index (χ1) is 17.8. The summed E-state index contributed by atoms with van der Waals surface area (Å²) >= 11 is 3.33. The number of benzene rings is 3. The lowest BCUT2D eigenvalue weighted by atomic mass is 10.1. The van der Waals surface area contributed by atoms with Gasteiger partial charge in [-0.15, -0.1) is 0 Å². The predicted octanol–water partition coefficient (Wildman–Crippen LogP) is 4.92. The van der Waals surface area contributed by atoms with Gasteiger partial charge in [0.2, 0.25) is 5.91 Å². The van der Waals surface area contributed by atoms with Gasteiger partial charge in [-0.2, -0.15) is 0 Å². The van der Waals surface area contributed by atoms with Gasteiger partial charge >= 0.3 is 5.97 Å². The zero-order valence-corrected chi connectivity index (χ0v) is 21.8. The number of nitrogens with zero attached hydrogens (tertiary/aromatic N) is 2. The average Bonchev–Trinajstić information content (AvgIpc) is 3.37. The van der Waals surface area contributed by atoms with Crippen LogP contribution in [0, 0.1) is 12.8 Å². The lowest BCUT2D eigenvalue weighted by molar-refractivity contribution is -0.139. The van der Waals surface area contributed by atoms with Crippen LogP contribution in [0.5, 0.6) is 11.5 Å². The van der Waals surface area contributed by atoms with Gasteiger partial charge in [0.05, 0.1) is 29.3 Å². The fourth-order valence-corrected chi connectivity index (χ4v) is 4.94. The van der Waals surface area contributed by atoms with Crippen LogP contribution in [0.2, 0.25) is 0 Å². The van der Waals surface area contributed by atoms with Crippen LogP contribution >= 0.6 is 15.9 Å². The zero-order valence-electron chi connectivity index (χ0n) is 20.2. The maximum Gasteiger partial charge on any atom is 0.316 e. The summed E-state index contributed by atoms with van der Waals surface area (Å²) in [4.78, 5) is 54.0. The SMILES string of the molecule is CCOc1ccc(N2C[C@H](C(=O)Oc3ccc(N4C(=O)c5ccc(Br)cc5C4=O)c(C)c3)CC2=O)cc1. The molecular weight excluding hydrogens is 540 g/mol. The zero-order chi connectivity index (χ0) is 26.3. The monoisotopic (exact) mass is 562 g/mol. The summed E-state index contributed by atoms with van der Waals surface area (Å²) in [5, 5.41) is 0. The van der Waals surface area contributed by atoms with Crippen molar-refractivity contribution in [2.24, 2.45) is 5.92 Å². The largest absolute Gasteiger partial charge is 0.494 e. The molecule has 1 fully saturated rings. The van der Waals surface area contributed by atoms with Crippen LogP contribution in [0.3, 0.4) is 0 Å². The van der Waals surface area contributed by atoms with E-state index in [2.05, 4.69) is 15.9 Å². The number of aryl methyl sites for hydroxylation is 1. The number of ether oxygens (including phenoxy) is 2. The normalized spacial score (nSPS) is 16.8. The third kappa shape index (κ3) is 4.62. The van der Waals surface area contributed by atoms with Crippen molar-refractivity contribution in [1.29, 1.82) is 0 Å². The number of rotatable bonds is 6. The van der Waals surface area contributed by atoms with E-state index < -0.39 is 23.7 Å². The molecule has 0 saturated carbocycles. The lowest BCUT2D eigenvalue weighted by Crippen LogP contribution is -2.30. The number of fused-ring (bicyclic) bond motifs is 1. The molecule has 37 heavy (non-hydrogen) atoms. The summed E-state index contributed by atoms with van der Waals surface area (Å²) in [7, 11) is 0. The Morgan fingerprint density at radius 3 is 2.35 bits per heavy atom. The van der Waals surface area contributed by atoms with Crippen molar-refractivity contribution in [3.8, 4) is 11.5 Å². The van der Waals surface area contributed by atoms with Crippen LogP contribution in [0.15, 0.2) is 65.1 Å². The minimum atomic E-state index is -0.617. The quantitative estimate of drug-likeness (QED) is 0.240. The Bertz CT molecular complexity index is 1440. The highest BCUT2D eigenvalue weighted by atomic mass is 79.9. The van der Waals surface area contributed by atoms with Gasteiger partial charge in [0.15, 0.2) is 0 Å². The van der Waals surface area contributed by atoms with Gasteiger partial charge in [-0.1, -0.05) is 15.9 Å². The third-order valence-electron chi connectivity index (χ3n) is 6.39. The molecule has 8 nitrogen and oxygen atoms in total. The smallest absolute Gasteiger partial charge is 0.316 e. The molecule has 2 aliphatic rings. The van der Waals surface area contributed by atoms with Gasteiger partial charge in [-0.05, 0) is 80.1 Å². The first-order valence-electron chi connectivity index (χ1n) is 11.8. The molecule has 9 heteroatoms. The summed E-state index contributed by atoms with van der Waals surface area (Å²) in [5.41, 5.74) is 2.37. The van der Waals surface area contributed by atoms with E-state index in [4.69, 9.17) is 9.47 Å². The van der Waals surface area contributed by atoms with E-state index in [0.717, 1.165) is 4.90 Å². The van der Waals surface area contributed by atoms with Crippen LogP contribution in [0.1, 0.15) is 39.6 Å². The summed E-state index contributed by atoms with van der Waals surface area (Å²) in [5.74, 6) is -1.12. The minimum Gasteiger partial charge on any atom is -0.494 e. The lowest BCUT2D eigenvalue weighted by Gasteiger charge is -2.18. The second kappa shape index (κ2) is 9.82. The summed E-state index contributed by atoms with van der Waals surface area (Å²) in [6.07, 6.45) is 0.0493. The van der Waals surface area contributed by atoms with Crippen molar-refractivity contribution >= 4 is 51.0 Å². The van der Waals surface area contributed by atoms with Crippen LogP contribution in [0.4, 0.5) is 11.4 Å². The van der Waals surface area contributed by atoms with Gasteiger partial charge in [-0.25, -0.2) is 4.90 Å². The maximum atomic E-state index is 12.9. The molecule has 0 radical (unpaired) electrons. The summed E-state index contributed by atoms with van der Waals surface area (Å²) in [6.45, 7) is 4.39. The molecule has 1 atom stereocenters. The Hall–Kier alpha value is -3.98. The molecule has 5 rings (SSSR count). The van der Waals surface area contributed by atoms with Gasteiger partial charge in [0, 0.05) is 23.1 Å². The number of anilines is 2. The Labute approximate surface area is 221 Å². The van der Waals surface area contributed by atoms with E-state index in [0.29, 0.717) is 44.9 Å². The van der Waals surface area contributed by atoms with Crippen LogP contribution < -0.4 is 19.3 Å². The molecular formula is C28H23BrN2O6. The Morgan fingerprint density at radius 1 is 0.946 bits per heavy atom. The number of halogens is 1. The van der Waals surface area contributed by atoms with Crippen LogP contribution in [0.25, 0.3) is 0 Å². The van der Waals surface area contributed by atoms with Crippen molar-refractivity contribution in [2.75, 3.05) is 23.0 Å². The molecule has 3 amide bonds. The molecule has 2 heterocycles. The fourth-order valence-electron chi connectivity index (χ4n) is 4.58. The van der Waals surface area contributed by atoms with E-state index in [9.17, 15) is 19.2 Å². The topological polar surface area (TPSA) is 93.2 Å². The molecule has 3 aromatic carbocycles. The van der Waals surface area contributed by atoms with Crippen molar-refractivity contribution in [1.82, 2.24) is 0 Å². The van der Waals surface area contributed by atoms with Crippen LogP contribution in [-0.4, -0.2) is 36.8 Å². The van der Waals surface area contributed by atoms with Gasteiger partial charge < -0.3 is 14.4 Å². The molecule has 0 bridgehead atoms. The molecule has 188 valence electrons. The van der Waals surface area contributed by atoms with Crippen molar-refractivity contribution in [3.05, 3.63) is 81.8 Å². The van der Waals surface area contributed by atoms with E-state index in [1.807, 2.05) is 6.92 Å². The van der Waals surface area contributed by atoms with Gasteiger partial charge in [-0.3, -0.25) is 19.2 Å². The van der Waals surface area contributed by atoms with Gasteiger partial charge in [0.1, 0.15) is 11.5 Å². The fraction of sp³-hybridized carbons (Fsp3) is 0.214. The number of amides is 3. The molecule has 0 spiro atoms. The molecule has 0 N–H and O–H groups in total. The summed E-state index contributed by atoms with van der Waals surface area (Å²) < 4.78 is 11.7. The standard InChI is InChI=1S/C28H23BrN2O6/c1-3-36-20-7-5-19(6-8-20)30-15-17(13-25(30)32)28(35)37-21-9-11-24(16(2)12-21)31-26(33)22-10-4-18(29)14-23(22)27(31)34/h4-12,14,17H,3,13,15H2,1-2H3/t17-/m1/s1. The van der Waals surface area contributed by atoms with Crippen molar-refractivity contribution in [2.45, 2.75) is 20.3 Å². The van der Waals surface area contributed by atoms with E-state index in [-0.39, 0.29) is 24.6 Å². The van der Waals surface area contributed by atoms with Crippen molar-refractivity contribution < 1.29 is 28.7 Å².